The van der Waals surface area contributed by atoms with Crippen LogP contribution in [-0.2, 0) is 9.47 Å². The van der Waals surface area contributed by atoms with E-state index in [0.29, 0.717) is 10.9 Å². The van der Waals surface area contributed by atoms with Crippen LogP contribution in [0.5, 0.6) is 0 Å². The van der Waals surface area contributed by atoms with Crippen molar-refractivity contribution in [1.82, 2.24) is 5.32 Å². The number of aliphatic imine (C=N–C) groups is 1. The molecule has 0 aliphatic rings. The van der Waals surface area contributed by atoms with E-state index in [1.165, 1.54) is 11.8 Å². The summed E-state index contributed by atoms with van der Waals surface area (Å²) in [5.41, 5.74) is -0.735. The van der Waals surface area contributed by atoms with Gasteiger partial charge in [-0.1, -0.05) is 11.8 Å². The van der Waals surface area contributed by atoms with Crippen molar-refractivity contribution >= 4 is 40.5 Å². The molecule has 0 aromatic heterocycles. The van der Waals surface area contributed by atoms with Crippen LogP contribution in [0.25, 0.3) is 0 Å². The molecule has 0 aliphatic carbocycles. The van der Waals surface area contributed by atoms with Crippen molar-refractivity contribution in [3.63, 3.8) is 0 Å². The molecule has 1 aromatic rings. The summed E-state index contributed by atoms with van der Waals surface area (Å²) in [4.78, 5) is 30.3. The zero-order valence-electron chi connectivity index (χ0n) is 17.2. The van der Waals surface area contributed by atoms with Gasteiger partial charge in [-0.05, 0) is 72.1 Å². The first kappa shape index (κ1) is 23.3. The number of anilines is 1. The largest absolute Gasteiger partial charge is 0.443 e. The van der Waals surface area contributed by atoms with E-state index in [4.69, 9.17) is 14.7 Å². The highest BCUT2D eigenvalue weighted by Gasteiger charge is 2.32. The lowest BCUT2D eigenvalue weighted by atomic mass is 10.2. The molecule has 0 atom stereocenters. The Morgan fingerprint density at radius 2 is 1.50 bits per heavy atom. The molecule has 1 rings (SSSR count). The Kier molecular flexibility index (Phi) is 7.88. The summed E-state index contributed by atoms with van der Waals surface area (Å²) in [5.74, 6) is 0. The maximum absolute atomic E-state index is 12.6. The molecule has 9 heteroatoms. The maximum Gasteiger partial charge on any atom is 0.424 e. The number of nitriles is 1. The third-order valence-corrected chi connectivity index (χ3v) is 3.43. The molecule has 1 N–H and O–H groups in total. The second-order valence-corrected chi connectivity index (χ2v) is 8.47. The SMILES string of the molecule is CSC(=Nc1ccc(N(C(=O)OC(C)(C)C)C(=O)OC(C)(C)C)cc1)NC#N. The number of benzene rings is 1. The van der Waals surface area contributed by atoms with E-state index in [1.807, 2.05) is 6.19 Å². The van der Waals surface area contributed by atoms with Crippen LogP contribution in [0.4, 0.5) is 21.0 Å². The molecule has 0 saturated carbocycles. The molecule has 8 nitrogen and oxygen atoms in total. The number of hydrogen-bond acceptors (Lipinski definition) is 7. The van der Waals surface area contributed by atoms with Gasteiger partial charge in [0.25, 0.3) is 0 Å². The van der Waals surface area contributed by atoms with Crippen molar-refractivity contribution in [3.05, 3.63) is 24.3 Å². The normalized spacial score (nSPS) is 12.0. The monoisotopic (exact) mass is 406 g/mol. The van der Waals surface area contributed by atoms with Gasteiger partial charge in [-0.2, -0.15) is 10.2 Å². The van der Waals surface area contributed by atoms with Crippen molar-refractivity contribution in [3.8, 4) is 6.19 Å². The van der Waals surface area contributed by atoms with Gasteiger partial charge >= 0.3 is 12.2 Å². The van der Waals surface area contributed by atoms with Gasteiger partial charge in [0.15, 0.2) is 11.4 Å². The molecule has 0 heterocycles. The molecule has 0 fully saturated rings. The van der Waals surface area contributed by atoms with Crippen LogP contribution in [-0.4, -0.2) is 34.8 Å². The summed E-state index contributed by atoms with van der Waals surface area (Å²) < 4.78 is 10.7. The summed E-state index contributed by atoms with van der Waals surface area (Å²) in [6.45, 7) is 10.3. The van der Waals surface area contributed by atoms with Crippen molar-refractivity contribution in [2.75, 3.05) is 11.2 Å². The Labute approximate surface area is 169 Å². The second kappa shape index (κ2) is 9.46. The number of hydrogen-bond donors (Lipinski definition) is 1. The summed E-state index contributed by atoms with van der Waals surface area (Å²) in [6.07, 6.45) is 1.91. The van der Waals surface area contributed by atoms with Crippen LogP contribution in [0.3, 0.4) is 0 Å². The Balaban J connectivity index is 3.21. The van der Waals surface area contributed by atoms with E-state index in [-0.39, 0.29) is 5.69 Å². The number of carbonyl (C=O) groups is 2. The predicted octanol–water partition coefficient (Wildman–Crippen LogP) is 4.78. The van der Waals surface area contributed by atoms with Gasteiger partial charge in [-0.25, -0.2) is 14.6 Å². The average Bonchev–Trinajstić information content (AvgIpc) is 2.52. The molecule has 1 aromatic carbocycles. The van der Waals surface area contributed by atoms with Crippen molar-refractivity contribution < 1.29 is 19.1 Å². The van der Waals surface area contributed by atoms with Crippen LogP contribution >= 0.6 is 11.8 Å². The Morgan fingerprint density at radius 3 is 1.86 bits per heavy atom. The first-order chi connectivity index (χ1) is 12.9. The highest BCUT2D eigenvalue weighted by molar-refractivity contribution is 8.13. The number of nitrogens with one attached hydrogen (secondary N) is 1. The molecular formula is C19H26N4O4S. The standard InChI is InChI=1S/C19H26N4O4S/c1-18(2,3)26-16(24)23(17(25)27-19(4,5)6)14-10-8-13(9-11-14)22-15(28-7)21-12-20/h8-11H,1-7H3,(H,21,22). The minimum Gasteiger partial charge on any atom is -0.443 e. The van der Waals surface area contributed by atoms with E-state index in [1.54, 1.807) is 72.1 Å². The fourth-order valence-electron chi connectivity index (χ4n) is 1.87. The van der Waals surface area contributed by atoms with E-state index in [9.17, 15) is 9.59 Å². The van der Waals surface area contributed by atoms with Crippen molar-refractivity contribution in [2.24, 2.45) is 4.99 Å². The molecule has 0 aliphatic heterocycles. The zero-order valence-corrected chi connectivity index (χ0v) is 18.0. The van der Waals surface area contributed by atoms with Gasteiger partial charge in [0.05, 0.1) is 11.4 Å². The fourth-order valence-corrected chi connectivity index (χ4v) is 2.21. The highest BCUT2D eigenvalue weighted by Crippen LogP contribution is 2.25. The van der Waals surface area contributed by atoms with Crippen LogP contribution in [0, 0.1) is 11.5 Å². The van der Waals surface area contributed by atoms with Gasteiger partial charge in [-0.3, -0.25) is 5.32 Å². The summed E-state index contributed by atoms with van der Waals surface area (Å²) in [6, 6.07) is 6.34. The van der Waals surface area contributed by atoms with Gasteiger partial charge in [-0.15, -0.1) is 0 Å². The van der Waals surface area contributed by atoms with Gasteiger partial charge in [0.2, 0.25) is 0 Å². The van der Waals surface area contributed by atoms with Crippen LogP contribution in [0.2, 0.25) is 0 Å². The van der Waals surface area contributed by atoms with Crippen LogP contribution in [0.15, 0.2) is 29.3 Å². The minimum atomic E-state index is -0.839. The molecule has 0 bridgehead atoms. The molecule has 152 valence electrons. The molecular weight excluding hydrogens is 380 g/mol. The third-order valence-electron chi connectivity index (χ3n) is 2.85. The van der Waals surface area contributed by atoms with Crippen LogP contribution in [0.1, 0.15) is 41.5 Å². The lowest BCUT2D eigenvalue weighted by Crippen LogP contribution is -2.43. The smallest absolute Gasteiger partial charge is 0.424 e. The summed E-state index contributed by atoms with van der Waals surface area (Å²) >= 11 is 1.28. The van der Waals surface area contributed by atoms with Crippen molar-refractivity contribution in [1.29, 1.82) is 5.26 Å². The average molecular weight is 407 g/mol. The topological polar surface area (TPSA) is 104 Å². The number of carbonyl (C=O) groups excluding carboxylic acids is 2. The van der Waals surface area contributed by atoms with Gasteiger partial charge in [0, 0.05) is 0 Å². The van der Waals surface area contributed by atoms with Crippen molar-refractivity contribution in [2.45, 2.75) is 52.7 Å². The first-order valence-electron chi connectivity index (χ1n) is 8.50. The lowest BCUT2D eigenvalue weighted by molar-refractivity contribution is 0.0431. The molecule has 0 spiro atoms. The minimum absolute atomic E-state index is 0.279. The number of ether oxygens (including phenoxy) is 2. The third kappa shape index (κ3) is 7.88. The number of amidine groups is 1. The highest BCUT2D eigenvalue weighted by atomic mass is 32.2. The van der Waals surface area contributed by atoms with E-state index >= 15 is 0 Å². The maximum atomic E-state index is 12.6. The number of imide groups is 1. The predicted molar refractivity (Wildman–Crippen MR) is 111 cm³/mol. The quantitative estimate of drug-likeness (QED) is 0.326. The lowest BCUT2D eigenvalue weighted by Gasteiger charge is -2.28. The number of amides is 2. The summed E-state index contributed by atoms with van der Waals surface area (Å²) in [7, 11) is 0. The fraction of sp³-hybridized carbons (Fsp3) is 0.474. The molecule has 0 saturated heterocycles. The molecule has 0 radical (unpaired) electrons. The Hall–Kier alpha value is -2.73. The zero-order chi connectivity index (χ0) is 21.5. The Morgan fingerprint density at radius 1 is 1.04 bits per heavy atom. The summed E-state index contributed by atoms with van der Waals surface area (Å²) in [5, 5.41) is 11.6. The van der Waals surface area contributed by atoms with Crippen LogP contribution < -0.4 is 10.2 Å². The number of thioether (sulfide) groups is 1. The first-order valence-corrected chi connectivity index (χ1v) is 9.72. The molecule has 28 heavy (non-hydrogen) atoms. The van der Waals surface area contributed by atoms with E-state index < -0.39 is 23.4 Å². The number of nitrogens with zero attached hydrogens (tertiary/aromatic N) is 3. The number of rotatable bonds is 2. The van der Waals surface area contributed by atoms with Gasteiger partial charge in [0.1, 0.15) is 11.2 Å². The second-order valence-electron chi connectivity index (χ2n) is 7.67. The van der Waals surface area contributed by atoms with Gasteiger partial charge < -0.3 is 9.47 Å². The molecule has 2 amide bonds. The Bertz CT molecular complexity index is 743. The molecule has 0 unspecified atom stereocenters. The van der Waals surface area contributed by atoms with E-state index in [0.717, 1.165) is 4.90 Å². The van der Waals surface area contributed by atoms with E-state index in [2.05, 4.69) is 10.3 Å².